The molecule has 3 aromatic rings. The zero-order chi connectivity index (χ0) is 23.9. The lowest BCUT2D eigenvalue weighted by Gasteiger charge is -2.33. The minimum atomic E-state index is 0.339. The maximum Gasteiger partial charge on any atom is 0.293 e. The highest BCUT2D eigenvalue weighted by molar-refractivity contribution is 7.20. The van der Waals surface area contributed by atoms with Gasteiger partial charge in [0.15, 0.2) is 0 Å². The van der Waals surface area contributed by atoms with Gasteiger partial charge in [-0.1, -0.05) is 41.7 Å². The largest absolute Gasteiger partial charge is 0.468 e. The molecule has 0 saturated carbocycles. The fraction of sp³-hybridized carbons (Fsp3) is 0.385. The number of likely N-dealkylation sites (N-methyl/N-ethyl adjacent to an activating group) is 1. The Morgan fingerprint density at radius 2 is 2.21 bits per heavy atom. The summed E-state index contributed by atoms with van der Waals surface area (Å²) >= 11 is 10.0. The van der Waals surface area contributed by atoms with Gasteiger partial charge in [-0.2, -0.15) is 0 Å². The molecule has 0 fully saturated rings. The summed E-state index contributed by atoms with van der Waals surface area (Å²) in [5.41, 5.74) is 2.84. The second-order valence-electron chi connectivity index (χ2n) is 8.40. The van der Waals surface area contributed by atoms with E-state index in [1.807, 2.05) is 6.07 Å². The highest BCUT2D eigenvalue weighted by atomic mass is 35.5. The zero-order valence-corrected chi connectivity index (χ0v) is 21.7. The maximum absolute atomic E-state index is 10.4. The Hall–Kier alpha value is -2.37. The van der Waals surface area contributed by atoms with E-state index in [2.05, 4.69) is 65.8 Å². The van der Waals surface area contributed by atoms with Crippen LogP contribution in [0.4, 0.5) is 5.69 Å². The number of fused-ring (bicyclic) bond motifs is 1. The number of pyridine rings is 1. The van der Waals surface area contributed by atoms with Crippen LogP contribution < -0.4 is 5.32 Å². The summed E-state index contributed by atoms with van der Waals surface area (Å²) in [5.74, 6) is 7.04. The fourth-order valence-electron chi connectivity index (χ4n) is 4.26. The van der Waals surface area contributed by atoms with E-state index in [9.17, 15) is 4.79 Å². The summed E-state index contributed by atoms with van der Waals surface area (Å²) in [6, 6.07) is 6.50. The van der Waals surface area contributed by atoms with Crippen molar-refractivity contribution < 1.29 is 9.53 Å². The number of carbonyl (C=O) groups is 1. The Kier molecular flexibility index (Phi) is 8.63. The van der Waals surface area contributed by atoms with Crippen LogP contribution in [0.3, 0.4) is 0 Å². The van der Waals surface area contributed by atoms with E-state index in [0.717, 1.165) is 40.9 Å². The normalized spacial score (nSPS) is 17.5. The second kappa shape index (κ2) is 11.9. The van der Waals surface area contributed by atoms with Crippen molar-refractivity contribution in [1.29, 1.82) is 0 Å². The van der Waals surface area contributed by atoms with Crippen LogP contribution in [0.25, 0.3) is 10.2 Å². The third-order valence-corrected chi connectivity index (χ3v) is 8.33. The molecule has 0 amide bonds. The number of aromatic nitrogens is 1. The van der Waals surface area contributed by atoms with Crippen molar-refractivity contribution in [1.82, 2.24) is 9.88 Å². The van der Waals surface area contributed by atoms with E-state index in [-0.39, 0.29) is 0 Å². The summed E-state index contributed by atoms with van der Waals surface area (Å²) in [4.78, 5) is 19.9. The number of unbranched alkanes of at least 4 members (excludes halogenated alkanes) is 1. The van der Waals surface area contributed by atoms with Crippen LogP contribution in [0.15, 0.2) is 35.7 Å². The lowest BCUT2D eigenvalue weighted by Crippen LogP contribution is -2.34. The van der Waals surface area contributed by atoms with Crippen molar-refractivity contribution in [2.24, 2.45) is 0 Å². The molecule has 0 aliphatic heterocycles. The number of anilines is 1. The van der Waals surface area contributed by atoms with E-state index in [1.54, 1.807) is 22.7 Å². The molecular formula is C26H28ClN3O2S2. The third-order valence-electron chi connectivity index (χ3n) is 5.91. The third kappa shape index (κ3) is 5.81. The molecule has 3 aromatic heterocycles. The van der Waals surface area contributed by atoms with Crippen LogP contribution >= 0.6 is 34.3 Å². The molecule has 34 heavy (non-hydrogen) atoms. The number of ether oxygens (including phenoxy) is 1. The van der Waals surface area contributed by atoms with Crippen LogP contribution in [0, 0.1) is 11.8 Å². The number of nitrogens with zero attached hydrogens (tertiary/aromatic N) is 2. The highest BCUT2D eigenvalue weighted by Gasteiger charge is 2.30. The van der Waals surface area contributed by atoms with Gasteiger partial charge >= 0.3 is 0 Å². The number of nitrogens with one attached hydrogen (secondary N) is 1. The van der Waals surface area contributed by atoms with Crippen molar-refractivity contribution in [2.75, 3.05) is 26.0 Å². The lowest BCUT2D eigenvalue weighted by atomic mass is 9.85. The van der Waals surface area contributed by atoms with Crippen molar-refractivity contribution in [3.63, 3.8) is 0 Å². The van der Waals surface area contributed by atoms with Gasteiger partial charge in [-0.3, -0.25) is 4.79 Å². The first-order valence-electron chi connectivity index (χ1n) is 11.3. The number of carbonyl (C=O) groups excluding carboxylic acids is 1. The summed E-state index contributed by atoms with van der Waals surface area (Å²) in [6.45, 7) is 1.60. The SMILES string of the molecule is CN(C)[C@@H]1CC=CC[C@H]1c1sc2c(NCc3cccs3)cc(Cl)nc2c1C#CCCCOC=O. The van der Waals surface area contributed by atoms with Gasteiger partial charge in [0.25, 0.3) is 6.47 Å². The van der Waals surface area contributed by atoms with E-state index in [4.69, 9.17) is 21.3 Å². The van der Waals surface area contributed by atoms with Gasteiger partial charge in [0.2, 0.25) is 0 Å². The number of halogens is 1. The standard InChI is InChI=1S/C26H28ClN3O2S2/c1-30(2)22-12-6-5-10-19(22)25-20(11-4-3-7-13-32-17-31)24-26(34-25)21(15-23(27)29-24)28-16-18-9-8-14-33-18/h5-6,8-9,14-15,17,19,22H,3,7,10,12-13,16H2,1-2H3,(H,28,29)/t19-,22-/m1/s1. The molecule has 0 bridgehead atoms. The van der Waals surface area contributed by atoms with E-state index >= 15 is 0 Å². The summed E-state index contributed by atoms with van der Waals surface area (Å²) < 4.78 is 5.89. The predicted molar refractivity (Wildman–Crippen MR) is 143 cm³/mol. The Bertz CT molecular complexity index is 1210. The van der Waals surface area contributed by atoms with Crippen LogP contribution in [-0.2, 0) is 16.1 Å². The van der Waals surface area contributed by atoms with Gasteiger partial charge in [-0.25, -0.2) is 4.98 Å². The maximum atomic E-state index is 10.4. The van der Waals surface area contributed by atoms with Crippen LogP contribution in [0.2, 0.25) is 5.15 Å². The first kappa shape index (κ1) is 24.7. The van der Waals surface area contributed by atoms with Gasteiger partial charge in [0, 0.05) is 40.7 Å². The summed E-state index contributed by atoms with van der Waals surface area (Å²) in [6.07, 6.45) is 7.89. The van der Waals surface area contributed by atoms with E-state index in [1.165, 1.54) is 9.75 Å². The molecule has 1 aliphatic rings. The molecule has 0 spiro atoms. The summed E-state index contributed by atoms with van der Waals surface area (Å²) in [5, 5.41) is 6.12. The number of hydrogen-bond donors (Lipinski definition) is 1. The molecule has 2 atom stereocenters. The zero-order valence-electron chi connectivity index (χ0n) is 19.3. The molecule has 1 N–H and O–H groups in total. The van der Waals surface area contributed by atoms with Crippen molar-refractivity contribution in [3.05, 3.63) is 56.2 Å². The molecule has 0 unspecified atom stereocenters. The van der Waals surface area contributed by atoms with Crippen LogP contribution in [0.1, 0.15) is 46.9 Å². The van der Waals surface area contributed by atoms with Crippen LogP contribution in [-0.4, -0.2) is 43.1 Å². The second-order valence-corrected chi connectivity index (χ2v) is 10.9. The van der Waals surface area contributed by atoms with Crippen LogP contribution in [0.5, 0.6) is 0 Å². The average molecular weight is 514 g/mol. The molecule has 1 aliphatic carbocycles. The number of thiophene rings is 2. The lowest BCUT2D eigenvalue weighted by molar-refractivity contribution is -0.128. The van der Waals surface area contributed by atoms with Gasteiger partial charge in [-0.15, -0.1) is 22.7 Å². The molecule has 0 radical (unpaired) electrons. The molecule has 4 rings (SSSR count). The first-order chi connectivity index (χ1) is 16.6. The number of hydrogen-bond acceptors (Lipinski definition) is 7. The molecular weight excluding hydrogens is 486 g/mol. The van der Waals surface area contributed by atoms with Gasteiger partial charge in [0.1, 0.15) is 10.7 Å². The smallest absolute Gasteiger partial charge is 0.293 e. The number of rotatable bonds is 9. The van der Waals surface area contributed by atoms with E-state index in [0.29, 0.717) is 43.0 Å². The molecule has 3 heterocycles. The molecule has 5 nitrogen and oxygen atoms in total. The Balaban J connectivity index is 1.75. The quantitative estimate of drug-likeness (QED) is 0.120. The Labute approximate surface area is 213 Å². The minimum Gasteiger partial charge on any atom is -0.468 e. The summed E-state index contributed by atoms with van der Waals surface area (Å²) in [7, 11) is 4.29. The Morgan fingerprint density at radius 1 is 1.35 bits per heavy atom. The average Bonchev–Trinajstić information content (AvgIpc) is 3.48. The molecule has 8 heteroatoms. The number of allylic oxidation sites excluding steroid dienone is 1. The molecule has 178 valence electrons. The Morgan fingerprint density at radius 3 is 2.97 bits per heavy atom. The van der Waals surface area contributed by atoms with Crippen molar-refractivity contribution in [3.8, 4) is 11.8 Å². The topological polar surface area (TPSA) is 54.5 Å². The fourth-order valence-corrected chi connectivity index (χ4v) is 6.45. The predicted octanol–water partition coefficient (Wildman–Crippen LogP) is 6.29. The molecule has 0 saturated heterocycles. The van der Waals surface area contributed by atoms with Gasteiger partial charge in [-0.05, 0) is 44.8 Å². The molecule has 0 aromatic carbocycles. The van der Waals surface area contributed by atoms with Gasteiger partial charge in [0.05, 0.1) is 22.6 Å². The van der Waals surface area contributed by atoms with Gasteiger partial charge < -0.3 is 15.0 Å². The first-order valence-corrected chi connectivity index (χ1v) is 13.4. The minimum absolute atomic E-state index is 0.339. The van der Waals surface area contributed by atoms with Crippen molar-refractivity contribution in [2.45, 2.75) is 44.2 Å². The monoisotopic (exact) mass is 513 g/mol. The van der Waals surface area contributed by atoms with E-state index < -0.39 is 0 Å². The highest BCUT2D eigenvalue weighted by Crippen LogP contribution is 2.44. The van der Waals surface area contributed by atoms with Crippen molar-refractivity contribution >= 4 is 56.7 Å².